The molecule has 0 unspecified atom stereocenters. The van der Waals surface area contributed by atoms with Crippen molar-refractivity contribution >= 4 is 56.2 Å². The Morgan fingerprint density at radius 3 is 2.17 bits per heavy atom. The van der Waals surface area contributed by atoms with Crippen LogP contribution in [0.1, 0.15) is 17.2 Å². The fourth-order valence-corrected chi connectivity index (χ4v) is 7.47. The highest BCUT2D eigenvalue weighted by Gasteiger charge is 2.32. The zero-order valence-corrected chi connectivity index (χ0v) is 22.2. The maximum atomic E-state index is 14.1. The Morgan fingerprint density at radius 2 is 1.60 bits per heavy atom. The second-order valence-corrected chi connectivity index (χ2v) is 12.6. The number of nitrogens with zero attached hydrogens (tertiary/aromatic N) is 2. The third-order valence-electron chi connectivity index (χ3n) is 5.73. The minimum atomic E-state index is -3.77. The molecule has 0 spiro atoms. The average molecular weight is 582 g/mol. The van der Waals surface area contributed by atoms with Crippen LogP contribution in [-0.2, 0) is 21.4 Å². The lowest BCUT2D eigenvalue weighted by molar-refractivity contribution is 0.00547. The summed E-state index contributed by atoms with van der Waals surface area (Å²) < 4.78 is 62.0. The molecule has 12 heteroatoms. The van der Waals surface area contributed by atoms with Gasteiger partial charge in [-0.2, -0.15) is 4.31 Å². The van der Waals surface area contributed by atoms with Crippen molar-refractivity contribution in [3.8, 4) is 0 Å². The maximum absolute atomic E-state index is 14.1. The fraction of sp³-hybridized carbons (Fsp3) is 0.304. The van der Waals surface area contributed by atoms with Crippen LogP contribution in [0, 0.1) is 11.6 Å². The maximum Gasteiger partial charge on any atom is 0.245 e. The van der Waals surface area contributed by atoms with Crippen molar-refractivity contribution in [3.63, 3.8) is 0 Å². The first-order chi connectivity index (χ1) is 16.6. The van der Waals surface area contributed by atoms with E-state index in [0.717, 1.165) is 16.9 Å². The molecule has 0 bridgehead atoms. The number of hydrogen-bond acceptors (Lipinski definition) is 5. The Bertz CT molecular complexity index is 1260. The van der Waals surface area contributed by atoms with Gasteiger partial charge in [0.2, 0.25) is 10.0 Å². The summed E-state index contributed by atoms with van der Waals surface area (Å²) >= 11 is 19.0. The molecule has 1 aromatic heterocycles. The second kappa shape index (κ2) is 11.4. The Morgan fingerprint density at radius 1 is 0.971 bits per heavy atom. The molecule has 1 fully saturated rings. The van der Waals surface area contributed by atoms with Crippen molar-refractivity contribution in [2.24, 2.45) is 0 Å². The summed E-state index contributed by atoms with van der Waals surface area (Å²) in [4.78, 5) is 2.06. The van der Waals surface area contributed by atoms with Crippen molar-refractivity contribution in [1.82, 2.24) is 9.21 Å². The lowest BCUT2D eigenvalue weighted by Gasteiger charge is -2.35. The summed E-state index contributed by atoms with van der Waals surface area (Å²) in [5, 5.41) is 0.554. The molecule has 0 saturated carbocycles. The van der Waals surface area contributed by atoms with E-state index in [0.29, 0.717) is 29.0 Å². The Labute approximate surface area is 221 Å². The molecule has 0 N–H and O–H groups in total. The number of halogens is 5. The SMILES string of the molecule is O=S(=O)(c1cc(Cl)sc1Cl)N1CCN(C[C@H](OCc2c(F)cccc2F)c2ccc(Cl)cc2)CC1. The van der Waals surface area contributed by atoms with E-state index in [-0.39, 0.29) is 34.5 Å². The van der Waals surface area contributed by atoms with Crippen LogP contribution in [0.15, 0.2) is 53.4 Å². The van der Waals surface area contributed by atoms with Gasteiger partial charge in [0.25, 0.3) is 0 Å². The van der Waals surface area contributed by atoms with E-state index in [1.165, 1.54) is 28.6 Å². The van der Waals surface area contributed by atoms with E-state index in [1.54, 1.807) is 24.3 Å². The molecule has 1 aliphatic rings. The number of hydrogen-bond donors (Lipinski definition) is 0. The Hall–Kier alpha value is -1.30. The van der Waals surface area contributed by atoms with E-state index in [1.807, 2.05) is 4.90 Å². The molecule has 188 valence electrons. The minimum Gasteiger partial charge on any atom is -0.367 e. The van der Waals surface area contributed by atoms with E-state index in [4.69, 9.17) is 39.5 Å². The predicted octanol–water partition coefficient (Wildman–Crippen LogP) is 6.25. The van der Waals surface area contributed by atoms with Gasteiger partial charge in [0.1, 0.15) is 20.9 Å². The molecule has 1 saturated heterocycles. The van der Waals surface area contributed by atoms with E-state index >= 15 is 0 Å². The predicted molar refractivity (Wildman–Crippen MR) is 135 cm³/mol. The van der Waals surface area contributed by atoms with Crippen LogP contribution >= 0.6 is 46.1 Å². The number of thiophene rings is 1. The molecule has 3 aromatic rings. The molecule has 0 radical (unpaired) electrons. The second-order valence-electron chi connectivity index (χ2n) is 7.94. The van der Waals surface area contributed by atoms with Crippen LogP contribution in [0.4, 0.5) is 8.78 Å². The van der Waals surface area contributed by atoms with Gasteiger partial charge >= 0.3 is 0 Å². The highest BCUT2D eigenvalue weighted by atomic mass is 35.5. The average Bonchev–Trinajstić information content (AvgIpc) is 3.17. The quantitative estimate of drug-likeness (QED) is 0.316. The zero-order valence-electron chi connectivity index (χ0n) is 18.3. The van der Waals surface area contributed by atoms with Gasteiger partial charge in [0, 0.05) is 43.3 Å². The van der Waals surface area contributed by atoms with Gasteiger partial charge in [-0.1, -0.05) is 53.0 Å². The highest BCUT2D eigenvalue weighted by molar-refractivity contribution is 7.89. The van der Waals surface area contributed by atoms with E-state index in [9.17, 15) is 17.2 Å². The molecule has 0 amide bonds. The summed E-state index contributed by atoms with van der Waals surface area (Å²) in [5.74, 6) is -1.35. The number of piperazine rings is 1. The standard InChI is InChI=1S/C23H21Cl3F2N2O3S2/c24-16-6-4-15(5-7-16)20(33-14-17-18(27)2-1-3-19(17)28)13-29-8-10-30(11-9-29)35(31,32)21-12-22(25)34-23(21)26/h1-7,12,20H,8-11,13-14H2/t20-/m0/s1. The summed E-state index contributed by atoms with van der Waals surface area (Å²) in [7, 11) is -3.77. The van der Waals surface area contributed by atoms with Gasteiger partial charge in [0.15, 0.2) is 0 Å². The van der Waals surface area contributed by atoms with Crippen molar-refractivity contribution < 1.29 is 21.9 Å². The Kier molecular flexibility index (Phi) is 8.71. The van der Waals surface area contributed by atoms with Crippen LogP contribution in [0.25, 0.3) is 0 Å². The van der Waals surface area contributed by atoms with Gasteiger partial charge in [0.05, 0.1) is 17.0 Å². The molecule has 2 aromatic carbocycles. The summed E-state index contributed by atoms with van der Waals surface area (Å²) in [5.41, 5.74) is 0.648. The molecule has 1 aliphatic heterocycles. The van der Waals surface area contributed by atoms with Crippen molar-refractivity contribution in [3.05, 3.63) is 85.0 Å². The van der Waals surface area contributed by atoms with Crippen LogP contribution in [0.5, 0.6) is 0 Å². The summed E-state index contributed by atoms with van der Waals surface area (Å²) in [6.07, 6.45) is -0.514. The topological polar surface area (TPSA) is 49.9 Å². The Balaban J connectivity index is 1.45. The molecule has 5 nitrogen and oxygen atoms in total. The lowest BCUT2D eigenvalue weighted by Crippen LogP contribution is -2.49. The molecule has 4 rings (SSSR count). The van der Waals surface area contributed by atoms with Gasteiger partial charge < -0.3 is 4.74 Å². The third kappa shape index (κ3) is 6.34. The summed E-state index contributed by atoms with van der Waals surface area (Å²) in [6, 6.07) is 12.1. The molecule has 0 aliphatic carbocycles. The molecular weight excluding hydrogens is 561 g/mol. The minimum absolute atomic E-state index is 0.0110. The van der Waals surface area contributed by atoms with Crippen molar-refractivity contribution in [2.75, 3.05) is 32.7 Å². The highest BCUT2D eigenvalue weighted by Crippen LogP contribution is 2.36. The van der Waals surface area contributed by atoms with Crippen LogP contribution in [0.3, 0.4) is 0 Å². The molecule has 1 atom stereocenters. The lowest BCUT2D eigenvalue weighted by atomic mass is 10.1. The number of rotatable bonds is 8. The van der Waals surface area contributed by atoms with Crippen molar-refractivity contribution in [2.45, 2.75) is 17.6 Å². The third-order valence-corrected chi connectivity index (χ3v) is 9.63. The fourth-order valence-electron chi connectivity index (χ4n) is 3.81. The van der Waals surface area contributed by atoms with Crippen LogP contribution < -0.4 is 0 Å². The largest absolute Gasteiger partial charge is 0.367 e. The van der Waals surface area contributed by atoms with E-state index < -0.39 is 27.8 Å². The normalized spacial score (nSPS) is 16.5. The number of sulfonamides is 1. The zero-order chi connectivity index (χ0) is 25.2. The monoisotopic (exact) mass is 580 g/mol. The van der Waals surface area contributed by atoms with Crippen molar-refractivity contribution in [1.29, 1.82) is 0 Å². The number of benzene rings is 2. The van der Waals surface area contributed by atoms with E-state index in [2.05, 4.69) is 0 Å². The smallest absolute Gasteiger partial charge is 0.245 e. The van der Waals surface area contributed by atoms with Gasteiger partial charge in [-0.15, -0.1) is 11.3 Å². The van der Waals surface area contributed by atoms with Gasteiger partial charge in [-0.3, -0.25) is 4.90 Å². The first-order valence-corrected chi connectivity index (χ1v) is 14.0. The van der Waals surface area contributed by atoms with Crippen LogP contribution in [-0.4, -0.2) is 50.3 Å². The van der Waals surface area contributed by atoms with Gasteiger partial charge in [-0.05, 0) is 35.9 Å². The molecular formula is C23H21Cl3F2N2O3S2. The first kappa shape index (κ1) is 26.8. The molecule has 2 heterocycles. The number of ether oxygens (including phenoxy) is 1. The molecule has 35 heavy (non-hydrogen) atoms. The first-order valence-electron chi connectivity index (χ1n) is 10.6. The van der Waals surface area contributed by atoms with Gasteiger partial charge in [-0.25, -0.2) is 17.2 Å². The van der Waals surface area contributed by atoms with Crippen LogP contribution in [0.2, 0.25) is 13.7 Å². The summed E-state index contributed by atoms with van der Waals surface area (Å²) in [6.45, 7) is 1.53.